The topological polar surface area (TPSA) is 0 Å². The molecule has 1 aliphatic rings. The zero-order valence-electron chi connectivity index (χ0n) is 6.60. The van der Waals surface area contributed by atoms with Crippen molar-refractivity contribution in [2.75, 3.05) is 0 Å². The van der Waals surface area contributed by atoms with Crippen LogP contribution in [-0.2, 0) is 6.42 Å². The Kier molecular flexibility index (Phi) is 1.91. The summed E-state index contributed by atoms with van der Waals surface area (Å²) in [5.74, 6) is 0.790. The van der Waals surface area contributed by atoms with Crippen LogP contribution in [0, 0.1) is 3.57 Å². The average molecular weight is 258 g/mol. The summed E-state index contributed by atoms with van der Waals surface area (Å²) in [5.41, 5.74) is 3.18. The van der Waals surface area contributed by atoms with Crippen molar-refractivity contribution in [3.8, 4) is 0 Å². The van der Waals surface area contributed by atoms with Gasteiger partial charge in [-0.15, -0.1) is 0 Å². The van der Waals surface area contributed by atoms with Crippen LogP contribution in [0.4, 0.5) is 0 Å². The quantitative estimate of drug-likeness (QED) is 0.626. The fraction of sp³-hybridized carbons (Fsp3) is 0.400. The number of benzene rings is 1. The summed E-state index contributed by atoms with van der Waals surface area (Å²) in [6.45, 7) is 2.33. The monoisotopic (exact) mass is 258 g/mol. The number of hydrogen-bond donors (Lipinski definition) is 0. The molecule has 0 fully saturated rings. The van der Waals surface area contributed by atoms with Gasteiger partial charge in [0.2, 0.25) is 0 Å². The molecule has 1 heteroatoms. The third-order valence-electron chi connectivity index (χ3n) is 2.48. The molecule has 0 amide bonds. The summed E-state index contributed by atoms with van der Waals surface area (Å²) >= 11 is 2.44. The number of halogens is 1. The highest BCUT2D eigenvalue weighted by atomic mass is 127. The van der Waals surface area contributed by atoms with E-state index in [9.17, 15) is 0 Å². The molecule has 1 unspecified atom stereocenters. The Morgan fingerprint density at radius 2 is 2.27 bits per heavy atom. The van der Waals surface area contributed by atoms with Crippen LogP contribution in [0.1, 0.15) is 30.4 Å². The predicted molar refractivity (Wildman–Crippen MR) is 55.9 cm³/mol. The molecule has 1 aromatic carbocycles. The third-order valence-corrected chi connectivity index (χ3v) is 3.42. The van der Waals surface area contributed by atoms with E-state index in [2.05, 4.69) is 47.7 Å². The van der Waals surface area contributed by atoms with Gasteiger partial charge in [-0.2, -0.15) is 0 Å². The van der Waals surface area contributed by atoms with E-state index >= 15 is 0 Å². The highest BCUT2D eigenvalue weighted by molar-refractivity contribution is 14.1. The summed E-state index contributed by atoms with van der Waals surface area (Å²) in [5, 5.41) is 0. The second-order valence-electron chi connectivity index (χ2n) is 3.25. The maximum absolute atomic E-state index is 2.44. The lowest BCUT2D eigenvalue weighted by molar-refractivity contribution is 0.745. The van der Waals surface area contributed by atoms with Gasteiger partial charge >= 0.3 is 0 Å². The van der Waals surface area contributed by atoms with Gasteiger partial charge in [-0.05, 0) is 58.5 Å². The fourth-order valence-corrected chi connectivity index (χ4v) is 2.95. The second kappa shape index (κ2) is 2.77. The van der Waals surface area contributed by atoms with Gasteiger partial charge in [-0.3, -0.25) is 0 Å². The Labute approximate surface area is 81.1 Å². The van der Waals surface area contributed by atoms with E-state index in [1.807, 2.05) is 0 Å². The first kappa shape index (κ1) is 7.59. The van der Waals surface area contributed by atoms with Crippen LogP contribution in [0.15, 0.2) is 18.2 Å². The van der Waals surface area contributed by atoms with Gasteiger partial charge in [-0.1, -0.05) is 19.1 Å². The number of fused-ring (bicyclic) bond motifs is 1. The molecule has 0 radical (unpaired) electrons. The average Bonchev–Trinajstić information content (AvgIpc) is 2.34. The van der Waals surface area contributed by atoms with Gasteiger partial charge in [0.05, 0.1) is 0 Å². The first-order chi connectivity index (χ1) is 5.29. The van der Waals surface area contributed by atoms with Crippen LogP contribution in [0.2, 0.25) is 0 Å². The van der Waals surface area contributed by atoms with Gasteiger partial charge in [0.25, 0.3) is 0 Å². The second-order valence-corrected chi connectivity index (χ2v) is 4.41. The van der Waals surface area contributed by atoms with E-state index in [0.29, 0.717) is 0 Å². The Balaban J connectivity index is 2.58. The molecule has 0 bridgehead atoms. The van der Waals surface area contributed by atoms with E-state index < -0.39 is 0 Å². The van der Waals surface area contributed by atoms with Crippen molar-refractivity contribution < 1.29 is 0 Å². The van der Waals surface area contributed by atoms with Crippen molar-refractivity contribution >= 4 is 22.6 Å². The zero-order valence-corrected chi connectivity index (χ0v) is 8.76. The maximum Gasteiger partial charge on any atom is 0.0167 e. The number of rotatable bonds is 0. The molecule has 0 N–H and O–H groups in total. The van der Waals surface area contributed by atoms with Crippen molar-refractivity contribution in [3.05, 3.63) is 32.9 Å². The standard InChI is InChI=1S/C10H11I/c1-7-5-6-8-3-2-4-9(11)10(7)8/h2-4,7H,5-6H2,1H3. The normalized spacial score (nSPS) is 21.8. The van der Waals surface area contributed by atoms with Gasteiger partial charge in [0.1, 0.15) is 0 Å². The molecule has 0 spiro atoms. The van der Waals surface area contributed by atoms with Crippen LogP contribution in [-0.4, -0.2) is 0 Å². The number of aryl methyl sites for hydroxylation is 1. The summed E-state index contributed by atoms with van der Waals surface area (Å²) in [7, 11) is 0. The van der Waals surface area contributed by atoms with Crippen LogP contribution in [0.3, 0.4) is 0 Å². The molecular weight excluding hydrogens is 247 g/mol. The molecule has 0 nitrogen and oxygen atoms in total. The molecule has 0 aliphatic heterocycles. The minimum absolute atomic E-state index is 0.790. The van der Waals surface area contributed by atoms with E-state index in [1.165, 1.54) is 16.4 Å². The van der Waals surface area contributed by atoms with Crippen molar-refractivity contribution in [1.82, 2.24) is 0 Å². The largest absolute Gasteiger partial charge is 0.0609 e. The Hall–Kier alpha value is -0.0500. The smallest absolute Gasteiger partial charge is 0.0167 e. The van der Waals surface area contributed by atoms with Gasteiger partial charge in [0.15, 0.2) is 0 Å². The fourth-order valence-electron chi connectivity index (χ4n) is 1.87. The molecule has 58 valence electrons. The first-order valence-corrected chi connectivity index (χ1v) is 5.14. The Bertz CT molecular complexity index is 278. The highest BCUT2D eigenvalue weighted by Gasteiger charge is 2.19. The molecule has 0 heterocycles. The Morgan fingerprint density at radius 1 is 1.45 bits per heavy atom. The van der Waals surface area contributed by atoms with Crippen LogP contribution < -0.4 is 0 Å². The van der Waals surface area contributed by atoms with E-state index in [4.69, 9.17) is 0 Å². The molecule has 1 aromatic rings. The molecule has 0 aromatic heterocycles. The SMILES string of the molecule is CC1CCc2cccc(I)c21. The van der Waals surface area contributed by atoms with Crippen molar-refractivity contribution in [2.45, 2.75) is 25.7 Å². The van der Waals surface area contributed by atoms with Crippen molar-refractivity contribution in [1.29, 1.82) is 0 Å². The predicted octanol–water partition coefficient (Wildman–Crippen LogP) is 3.34. The van der Waals surface area contributed by atoms with E-state index in [0.717, 1.165) is 5.92 Å². The summed E-state index contributed by atoms with van der Waals surface area (Å²) in [6, 6.07) is 6.64. The lowest BCUT2D eigenvalue weighted by atomic mass is 10.0. The minimum Gasteiger partial charge on any atom is -0.0609 e. The Morgan fingerprint density at radius 3 is 3.00 bits per heavy atom. The van der Waals surface area contributed by atoms with Crippen LogP contribution in [0.25, 0.3) is 0 Å². The molecule has 2 rings (SSSR count). The molecule has 0 saturated carbocycles. The molecule has 1 atom stereocenters. The number of hydrogen-bond acceptors (Lipinski definition) is 0. The van der Waals surface area contributed by atoms with Gasteiger partial charge < -0.3 is 0 Å². The minimum atomic E-state index is 0.790. The van der Waals surface area contributed by atoms with Crippen molar-refractivity contribution in [2.24, 2.45) is 0 Å². The lowest BCUT2D eigenvalue weighted by Gasteiger charge is -2.05. The lowest BCUT2D eigenvalue weighted by Crippen LogP contribution is -1.89. The molecule has 11 heavy (non-hydrogen) atoms. The molecule has 0 saturated heterocycles. The van der Waals surface area contributed by atoms with E-state index in [1.54, 1.807) is 11.1 Å². The third kappa shape index (κ3) is 1.19. The zero-order chi connectivity index (χ0) is 7.84. The first-order valence-electron chi connectivity index (χ1n) is 4.06. The highest BCUT2D eigenvalue weighted by Crippen LogP contribution is 2.35. The molecule has 1 aliphatic carbocycles. The van der Waals surface area contributed by atoms with Crippen LogP contribution >= 0.6 is 22.6 Å². The maximum atomic E-state index is 2.44. The van der Waals surface area contributed by atoms with Crippen molar-refractivity contribution in [3.63, 3.8) is 0 Å². The van der Waals surface area contributed by atoms with Crippen LogP contribution in [0.5, 0.6) is 0 Å². The summed E-state index contributed by atoms with van der Waals surface area (Å²) in [4.78, 5) is 0. The van der Waals surface area contributed by atoms with Gasteiger partial charge in [-0.25, -0.2) is 0 Å². The summed E-state index contributed by atoms with van der Waals surface area (Å²) < 4.78 is 1.45. The van der Waals surface area contributed by atoms with Gasteiger partial charge in [0, 0.05) is 3.57 Å². The molecular formula is C10H11I. The summed E-state index contributed by atoms with van der Waals surface area (Å²) in [6.07, 6.45) is 2.63. The van der Waals surface area contributed by atoms with E-state index in [-0.39, 0.29) is 0 Å².